The lowest BCUT2D eigenvalue weighted by Gasteiger charge is -2.17. The summed E-state index contributed by atoms with van der Waals surface area (Å²) < 4.78 is 0. The Labute approximate surface area is 185 Å². The molecule has 0 amide bonds. The van der Waals surface area contributed by atoms with Crippen LogP contribution >= 0.6 is 0 Å². The van der Waals surface area contributed by atoms with Crippen LogP contribution in [0.4, 0.5) is 0 Å². The minimum absolute atomic E-state index is 0.00131. The van der Waals surface area contributed by atoms with Crippen molar-refractivity contribution in [2.75, 3.05) is 6.61 Å². The van der Waals surface area contributed by atoms with Crippen molar-refractivity contribution < 1.29 is 9.78 Å². The summed E-state index contributed by atoms with van der Waals surface area (Å²) in [5.74, 6) is 0.759. The molecule has 4 rings (SSSR count). The van der Waals surface area contributed by atoms with Crippen LogP contribution in [0.3, 0.4) is 0 Å². The predicted molar refractivity (Wildman–Crippen MR) is 125 cm³/mol. The Morgan fingerprint density at radius 2 is 0.935 bits per heavy atom. The van der Waals surface area contributed by atoms with Gasteiger partial charge in [0.2, 0.25) is 0 Å². The summed E-state index contributed by atoms with van der Waals surface area (Å²) in [6.45, 7) is 5.57. The molecule has 4 aromatic rings. The van der Waals surface area contributed by atoms with Gasteiger partial charge in [-0.3, -0.25) is 0 Å². The second-order valence-electron chi connectivity index (χ2n) is 7.60. The van der Waals surface area contributed by atoms with E-state index in [0.717, 1.165) is 36.1 Å². The quantitative estimate of drug-likeness (QED) is 0.234. The summed E-state index contributed by atoms with van der Waals surface area (Å²) in [6, 6.07) is 35.8. The molecule has 0 heterocycles. The molecule has 0 saturated carbocycles. The standard InChI is InChI=1S/C29H26O2/c1-2-30-31-29-27(19-24-14-8-4-9-15-24)21-26(18-23-12-6-3-7-13-23)22-28(29)20-25-16-10-5-11-17-25/h1,3-17,21-22H,2,18-20H2. The zero-order valence-corrected chi connectivity index (χ0v) is 17.5. The Bertz CT molecular complexity index is 1010. The van der Waals surface area contributed by atoms with Gasteiger partial charge in [-0.2, -0.15) is 4.89 Å². The van der Waals surface area contributed by atoms with E-state index in [1.165, 1.54) is 22.3 Å². The van der Waals surface area contributed by atoms with Crippen molar-refractivity contribution in [1.29, 1.82) is 0 Å². The Morgan fingerprint density at radius 1 is 0.516 bits per heavy atom. The Kier molecular flexibility index (Phi) is 7.15. The lowest BCUT2D eigenvalue weighted by atomic mass is 9.93. The molecule has 154 valence electrons. The summed E-state index contributed by atoms with van der Waals surface area (Å²) in [5, 5.41) is 0. The molecule has 0 N–H and O–H groups in total. The molecule has 0 atom stereocenters. The maximum Gasteiger partial charge on any atom is 0.172 e. The topological polar surface area (TPSA) is 18.5 Å². The van der Waals surface area contributed by atoms with Crippen LogP contribution in [0.2, 0.25) is 0 Å². The van der Waals surface area contributed by atoms with Crippen molar-refractivity contribution in [2.24, 2.45) is 0 Å². The largest absolute Gasteiger partial charge is 0.337 e. The second kappa shape index (κ2) is 10.6. The van der Waals surface area contributed by atoms with Gasteiger partial charge in [-0.1, -0.05) is 103 Å². The van der Waals surface area contributed by atoms with Gasteiger partial charge in [0.05, 0.1) is 6.61 Å². The molecule has 2 radical (unpaired) electrons. The summed E-state index contributed by atoms with van der Waals surface area (Å²) in [4.78, 5) is 11.0. The minimum Gasteiger partial charge on any atom is -0.337 e. The Hall–Kier alpha value is -3.36. The molecule has 0 aromatic heterocycles. The van der Waals surface area contributed by atoms with Gasteiger partial charge in [0.25, 0.3) is 0 Å². The van der Waals surface area contributed by atoms with Gasteiger partial charge in [-0.15, -0.1) is 0 Å². The molecule has 0 aliphatic heterocycles. The lowest BCUT2D eigenvalue weighted by molar-refractivity contribution is -0.197. The van der Waals surface area contributed by atoms with Crippen LogP contribution < -0.4 is 4.89 Å². The number of hydrogen-bond donors (Lipinski definition) is 0. The summed E-state index contributed by atoms with van der Waals surface area (Å²) in [5.41, 5.74) is 7.18. The fraction of sp³-hybridized carbons (Fsp3) is 0.138. The first-order chi connectivity index (χ1) is 15.3. The van der Waals surface area contributed by atoms with Crippen LogP contribution in [-0.4, -0.2) is 6.61 Å². The van der Waals surface area contributed by atoms with Crippen LogP contribution in [0.1, 0.15) is 33.4 Å². The van der Waals surface area contributed by atoms with Gasteiger partial charge < -0.3 is 4.89 Å². The first-order valence-corrected chi connectivity index (χ1v) is 10.6. The molecule has 0 fully saturated rings. The average Bonchev–Trinajstić information content (AvgIpc) is 2.81. The molecular formula is C29H26O2. The SMILES string of the molecule is [CH]COOc1c(Cc2ccccc2)cc(Cc2ccccc2)cc1Cc1ccccc1. The normalized spacial score (nSPS) is 10.7. The number of benzene rings is 4. The van der Waals surface area contributed by atoms with Crippen molar-refractivity contribution in [2.45, 2.75) is 19.3 Å². The first kappa shape index (κ1) is 20.9. The van der Waals surface area contributed by atoms with E-state index in [9.17, 15) is 0 Å². The van der Waals surface area contributed by atoms with Crippen LogP contribution in [-0.2, 0) is 24.2 Å². The fourth-order valence-electron chi connectivity index (χ4n) is 3.85. The van der Waals surface area contributed by atoms with E-state index in [0.29, 0.717) is 0 Å². The molecule has 0 bridgehead atoms. The summed E-state index contributed by atoms with van der Waals surface area (Å²) in [6.07, 6.45) is 2.38. The highest BCUT2D eigenvalue weighted by atomic mass is 17.2. The van der Waals surface area contributed by atoms with Crippen molar-refractivity contribution >= 4 is 0 Å². The van der Waals surface area contributed by atoms with Crippen molar-refractivity contribution in [3.63, 3.8) is 0 Å². The van der Waals surface area contributed by atoms with Crippen LogP contribution in [0.5, 0.6) is 5.75 Å². The van der Waals surface area contributed by atoms with E-state index in [2.05, 4.69) is 84.9 Å². The van der Waals surface area contributed by atoms with Gasteiger partial charge in [-0.25, -0.2) is 0 Å². The highest BCUT2D eigenvalue weighted by Gasteiger charge is 2.16. The van der Waals surface area contributed by atoms with Crippen LogP contribution in [0.15, 0.2) is 103 Å². The van der Waals surface area contributed by atoms with E-state index < -0.39 is 0 Å². The lowest BCUT2D eigenvalue weighted by Crippen LogP contribution is -2.06. The van der Waals surface area contributed by atoms with Crippen LogP contribution in [0.25, 0.3) is 0 Å². The monoisotopic (exact) mass is 406 g/mol. The smallest absolute Gasteiger partial charge is 0.172 e. The van der Waals surface area contributed by atoms with E-state index in [1.54, 1.807) is 0 Å². The zero-order valence-electron chi connectivity index (χ0n) is 17.5. The van der Waals surface area contributed by atoms with Crippen molar-refractivity contribution in [1.82, 2.24) is 0 Å². The number of hydrogen-bond acceptors (Lipinski definition) is 2. The maximum absolute atomic E-state index is 5.74. The van der Waals surface area contributed by atoms with E-state index in [4.69, 9.17) is 16.7 Å². The highest BCUT2D eigenvalue weighted by Crippen LogP contribution is 2.31. The third kappa shape index (κ3) is 5.84. The van der Waals surface area contributed by atoms with E-state index in [1.807, 2.05) is 18.2 Å². The van der Waals surface area contributed by atoms with Gasteiger partial charge in [-0.05, 0) is 35.6 Å². The zero-order chi connectivity index (χ0) is 21.3. The predicted octanol–water partition coefficient (Wildman–Crippen LogP) is 6.48. The maximum atomic E-state index is 5.74. The van der Waals surface area contributed by atoms with Crippen LogP contribution in [0, 0.1) is 6.92 Å². The van der Waals surface area contributed by atoms with Gasteiger partial charge in [0.1, 0.15) is 0 Å². The molecule has 2 nitrogen and oxygen atoms in total. The van der Waals surface area contributed by atoms with Crippen molar-refractivity contribution in [3.05, 3.63) is 143 Å². The Morgan fingerprint density at radius 3 is 1.35 bits per heavy atom. The summed E-state index contributed by atoms with van der Waals surface area (Å²) in [7, 11) is 0. The second-order valence-corrected chi connectivity index (χ2v) is 7.60. The molecule has 0 saturated heterocycles. The molecular weight excluding hydrogens is 380 g/mol. The minimum atomic E-state index is 0.00131. The Balaban J connectivity index is 1.76. The summed E-state index contributed by atoms with van der Waals surface area (Å²) >= 11 is 0. The molecule has 0 aliphatic rings. The number of rotatable bonds is 9. The van der Waals surface area contributed by atoms with Gasteiger partial charge >= 0.3 is 0 Å². The van der Waals surface area contributed by atoms with Gasteiger partial charge in [0, 0.05) is 24.0 Å². The average molecular weight is 407 g/mol. The van der Waals surface area contributed by atoms with E-state index in [-0.39, 0.29) is 6.61 Å². The third-order valence-corrected chi connectivity index (χ3v) is 5.24. The van der Waals surface area contributed by atoms with Gasteiger partial charge in [0.15, 0.2) is 5.75 Å². The first-order valence-electron chi connectivity index (χ1n) is 10.6. The fourth-order valence-corrected chi connectivity index (χ4v) is 3.85. The molecule has 2 heteroatoms. The van der Waals surface area contributed by atoms with Crippen molar-refractivity contribution in [3.8, 4) is 5.75 Å². The molecule has 4 aromatic carbocycles. The molecule has 31 heavy (non-hydrogen) atoms. The third-order valence-electron chi connectivity index (χ3n) is 5.24. The molecule has 0 aliphatic carbocycles. The highest BCUT2D eigenvalue weighted by molar-refractivity contribution is 5.49. The molecule has 0 spiro atoms. The molecule has 0 unspecified atom stereocenters. The van der Waals surface area contributed by atoms with E-state index >= 15 is 0 Å².